The Morgan fingerprint density at radius 1 is 1.26 bits per heavy atom. The molecule has 1 heterocycles. The molecule has 1 atom stereocenters. The lowest BCUT2D eigenvalue weighted by molar-refractivity contribution is -0.137. The van der Waals surface area contributed by atoms with Crippen LogP contribution in [0.2, 0.25) is 0 Å². The second kappa shape index (κ2) is 6.26. The molecule has 0 radical (unpaired) electrons. The highest BCUT2D eigenvalue weighted by molar-refractivity contribution is 5.77. The number of aliphatic carboxylic acids is 1. The molecule has 1 saturated heterocycles. The van der Waals surface area contributed by atoms with E-state index in [4.69, 9.17) is 5.11 Å². The average Bonchev–Trinajstić information content (AvgIpc) is 2.59. The summed E-state index contributed by atoms with van der Waals surface area (Å²) >= 11 is 0. The number of hydrogen-bond acceptors (Lipinski definition) is 2. The van der Waals surface area contributed by atoms with Crippen LogP contribution in [0.4, 0.5) is 4.79 Å². The van der Waals surface area contributed by atoms with Gasteiger partial charge in [-0.05, 0) is 19.3 Å². The first-order valence-corrected chi connectivity index (χ1v) is 7.35. The van der Waals surface area contributed by atoms with E-state index in [0.29, 0.717) is 19.0 Å². The van der Waals surface area contributed by atoms with Gasteiger partial charge in [0.1, 0.15) is 0 Å². The summed E-state index contributed by atoms with van der Waals surface area (Å²) in [4.78, 5) is 26.7. The van der Waals surface area contributed by atoms with E-state index in [1.807, 2.05) is 11.9 Å². The van der Waals surface area contributed by atoms with Crippen LogP contribution < -0.4 is 0 Å². The normalized spacial score (nSPS) is 25.7. The minimum Gasteiger partial charge on any atom is -0.481 e. The number of carbonyl (C=O) groups excluding carboxylic acids is 1. The van der Waals surface area contributed by atoms with Crippen LogP contribution in [-0.4, -0.2) is 52.6 Å². The summed E-state index contributed by atoms with van der Waals surface area (Å²) in [5.41, 5.74) is 0. The Kier molecular flexibility index (Phi) is 4.66. The van der Waals surface area contributed by atoms with Crippen LogP contribution in [0.25, 0.3) is 0 Å². The van der Waals surface area contributed by atoms with Crippen molar-refractivity contribution in [2.45, 2.75) is 63.5 Å². The molecule has 0 aromatic rings. The SMILES string of the molecule is CN1CC(CCC(=O)O)N(C2CCCCCC2)C1=O. The van der Waals surface area contributed by atoms with Crippen molar-refractivity contribution < 1.29 is 14.7 Å². The van der Waals surface area contributed by atoms with Crippen molar-refractivity contribution >= 4 is 12.0 Å². The molecular formula is C14H24N2O3. The highest BCUT2D eigenvalue weighted by Crippen LogP contribution is 2.29. The first-order valence-electron chi connectivity index (χ1n) is 7.35. The first kappa shape index (κ1) is 14.2. The van der Waals surface area contributed by atoms with Crippen molar-refractivity contribution in [2.75, 3.05) is 13.6 Å². The Morgan fingerprint density at radius 3 is 2.47 bits per heavy atom. The lowest BCUT2D eigenvalue weighted by Crippen LogP contribution is -2.43. The van der Waals surface area contributed by atoms with Crippen molar-refractivity contribution in [3.63, 3.8) is 0 Å². The highest BCUT2D eigenvalue weighted by Gasteiger charge is 2.39. The van der Waals surface area contributed by atoms with E-state index >= 15 is 0 Å². The van der Waals surface area contributed by atoms with E-state index in [9.17, 15) is 9.59 Å². The maximum atomic E-state index is 12.3. The quantitative estimate of drug-likeness (QED) is 0.796. The van der Waals surface area contributed by atoms with Gasteiger partial charge in [-0.2, -0.15) is 0 Å². The molecule has 2 rings (SSSR count). The molecule has 2 amide bonds. The fraction of sp³-hybridized carbons (Fsp3) is 0.857. The molecule has 1 aliphatic carbocycles. The Labute approximate surface area is 114 Å². The Morgan fingerprint density at radius 2 is 1.89 bits per heavy atom. The molecule has 0 spiro atoms. The number of nitrogens with zero attached hydrogens (tertiary/aromatic N) is 2. The van der Waals surface area contributed by atoms with Gasteiger partial charge in [0.15, 0.2) is 0 Å². The number of carboxylic acid groups (broad SMARTS) is 1. The summed E-state index contributed by atoms with van der Waals surface area (Å²) in [5, 5.41) is 8.83. The highest BCUT2D eigenvalue weighted by atomic mass is 16.4. The zero-order chi connectivity index (χ0) is 13.8. The second-order valence-corrected chi connectivity index (χ2v) is 5.80. The third kappa shape index (κ3) is 3.39. The predicted octanol–water partition coefficient (Wildman–Crippen LogP) is 2.31. The molecule has 1 aliphatic heterocycles. The van der Waals surface area contributed by atoms with Crippen molar-refractivity contribution in [1.82, 2.24) is 9.80 Å². The van der Waals surface area contributed by atoms with Crippen molar-refractivity contribution in [1.29, 1.82) is 0 Å². The smallest absolute Gasteiger partial charge is 0.320 e. The number of hydrogen-bond donors (Lipinski definition) is 1. The van der Waals surface area contributed by atoms with Crippen LogP contribution in [0.5, 0.6) is 0 Å². The lowest BCUT2D eigenvalue weighted by atomic mass is 10.0. The predicted molar refractivity (Wildman–Crippen MR) is 72.0 cm³/mol. The second-order valence-electron chi connectivity index (χ2n) is 5.80. The van der Waals surface area contributed by atoms with Crippen LogP contribution in [0, 0.1) is 0 Å². The number of rotatable bonds is 4. The van der Waals surface area contributed by atoms with Crippen molar-refractivity contribution in [3.05, 3.63) is 0 Å². The average molecular weight is 268 g/mol. The van der Waals surface area contributed by atoms with Crippen molar-refractivity contribution in [2.24, 2.45) is 0 Å². The van der Waals surface area contributed by atoms with Gasteiger partial charge in [-0.25, -0.2) is 4.79 Å². The van der Waals surface area contributed by atoms with Gasteiger partial charge in [0.05, 0.1) is 6.04 Å². The molecule has 0 aromatic carbocycles. The minimum atomic E-state index is -0.775. The van der Waals surface area contributed by atoms with E-state index in [-0.39, 0.29) is 18.5 Å². The van der Waals surface area contributed by atoms with Gasteiger partial charge in [-0.15, -0.1) is 0 Å². The maximum absolute atomic E-state index is 12.3. The zero-order valence-electron chi connectivity index (χ0n) is 11.7. The van der Waals surface area contributed by atoms with Crippen molar-refractivity contribution in [3.8, 4) is 0 Å². The topological polar surface area (TPSA) is 60.9 Å². The van der Waals surface area contributed by atoms with Gasteiger partial charge in [0, 0.05) is 26.1 Å². The van der Waals surface area contributed by atoms with Gasteiger partial charge in [-0.3, -0.25) is 4.79 Å². The summed E-state index contributed by atoms with van der Waals surface area (Å²) in [6.07, 6.45) is 7.75. The van der Waals surface area contributed by atoms with Crippen LogP contribution in [0.15, 0.2) is 0 Å². The Balaban J connectivity index is 2.03. The van der Waals surface area contributed by atoms with E-state index < -0.39 is 5.97 Å². The number of carbonyl (C=O) groups is 2. The lowest BCUT2D eigenvalue weighted by Gasteiger charge is -2.31. The standard InChI is InChI=1S/C14H24N2O3/c1-15-10-12(8-9-13(17)18)16(14(15)19)11-6-4-2-3-5-7-11/h11-12H,2-10H2,1H3,(H,17,18). The van der Waals surface area contributed by atoms with Gasteiger partial charge in [-0.1, -0.05) is 25.7 Å². The monoisotopic (exact) mass is 268 g/mol. The summed E-state index contributed by atoms with van der Waals surface area (Å²) in [5.74, 6) is -0.775. The molecule has 19 heavy (non-hydrogen) atoms. The van der Waals surface area contributed by atoms with Crippen LogP contribution in [0.3, 0.4) is 0 Å². The molecule has 1 saturated carbocycles. The minimum absolute atomic E-state index is 0.0803. The third-order valence-corrected chi connectivity index (χ3v) is 4.33. The maximum Gasteiger partial charge on any atom is 0.320 e. The summed E-state index contributed by atoms with van der Waals surface area (Å²) in [7, 11) is 1.81. The molecule has 5 nitrogen and oxygen atoms in total. The molecular weight excluding hydrogens is 244 g/mol. The van der Waals surface area contributed by atoms with E-state index in [2.05, 4.69) is 0 Å². The van der Waals surface area contributed by atoms with E-state index in [1.165, 1.54) is 25.7 Å². The van der Waals surface area contributed by atoms with Gasteiger partial charge < -0.3 is 14.9 Å². The van der Waals surface area contributed by atoms with E-state index in [0.717, 1.165) is 12.8 Å². The number of likely N-dealkylation sites (N-methyl/N-ethyl adjacent to an activating group) is 1. The zero-order valence-corrected chi connectivity index (χ0v) is 11.7. The number of urea groups is 1. The molecule has 2 aliphatic rings. The molecule has 0 bridgehead atoms. The van der Waals surface area contributed by atoms with Crippen LogP contribution in [0.1, 0.15) is 51.4 Å². The molecule has 2 fully saturated rings. The molecule has 5 heteroatoms. The molecule has 0 aromatic heterocycles. The molecule has 1 unspecified atom stereocenters. The summed E-state index contributed by atoms with van der Waals surface area (Å²) in [6.45, 7) is 0.669. The Bertz CT molecular complexity index is 338. The van der Waals surface area contributed by atoms with Crippen LogP contribution in [-0.2, 0) is 4.79 Å². The molecule has 1 N–H and O–H groups in total. The molecule has 108 valence electrons. The van der Waals surface area contributed by atoms with Crippen LogP contribution >= 0.6 is 0 Å². The fourth-order valence-electron chi connectivity index (χ4n) is 3.35. The number of amides is 2. The van der Waals surface area contributed by atoms with Gasteiger partial charge in [0.25, 0.3) is 0 Å². The fourth-order valence-corrected chi connectivity index (χ4v) is 3.35. The van der Waals surface area contributed by atoms with Gasteiger partial charge in [0.2, 0.25) is 0 Å². The summed E-state index contributed by atoms with van der Waals surface area (Å²) < 4.78 is 0. The first-order chi connectivity index (χ1) is 9.09. The van der Waals surface area contributed by atoms with E-state index in [1.54, 1.807) is 4.90 Å². The number of carboxylic acids is 1. The third-order valence-electron chi connectivity index (χ3n) is 4.33. The summed E-state index contributed by atoms with van der Waals surface area (Å²) in [6, 6.07) is 0.484. The van der Waals surface area contributed by atoms with Gasteiger partial charge >= 0.3 is 12.0 Å². The Hall–Kier alpha value is -1.26. The largest absolute Gasteiger partial charge is 0.481 e.